The molecular weight excluding hydrogens is 304 g/mol. The molecule has 0 bridgehead atoms. The van der Waals surface area contributed by atoms with E-state index in [1.165, 1.54) is 27.8 Å². The van der Waals surface area contributed by atoms with Crippen molar-refractivity contribution in [3.63, 3.8) is 0 Å². The molecule has 1 aromatic heterocycles. The van der Waals surface area contributed by atoms with Crippen LogP contribution in [0.3, 0.4) is 0 Å². The molecule has 1 nitrogen and oxygen atoms in total. The van der Waals surface area contributed by atoms with Crippen LogP contribution in [0.4, 0.5) is 0 Å². The molecule has 0 saturated carbocycles. The van der Waals surface area contributed by atoms with Crippen LogP contribution in [0.15, 0.2) is 65.1 Å². The van der Waals surface area contributed by atoms with E-state index >= 15 is 0 Å². The van der Waals surface area contributed by atoms with Gasteiger partial charge in [0.15, 0.2) is 0 Å². The van der Waals surface area contributed by atoms with Gasteiger partial charge in [0.25, 0.3) is 0 Å². The summed E-state index contributed by atoms with van der Waals surface area (Å²) < 4.78 is 5.87. The second kappa shape index (κ2) is 5.77. The first-order valence-electron chi connectivity index (χ1n) is 8.92. The van der Waals surface area contributed by atoms with Gasteiger partial charge in [-0.1, -0.05) is 75.4 Å². The van der Waals surface area contributed by atoms with Gasteiger partial charge in [-0.15, -0.1) is 0 Å². The van der Waals surface area contributed by atoms with E-state index in [4.69, 9.17) is 4.42 Å². The highest BCUT2D eigenvalue weighted by Crippen LogP contribution is 2.40. The van der Waals surface area contributed by atoms with E-state index in [0.717, 1.165) is 11.5 Å². The first-order chi connectivity index (χ1) is 11.9. The minimum atomic E-state index is 0.180. The molecule has 1 atom stereocenters. The Bertz CT molecular complexity index is 933. The monoisotopic (exact) mass is 328 g/mol. The molecule has 0 spiro atoms. The van der Waals surface area contributed by atoms with E-state index in [-0.39, 0.29) is 11.3 Å². The van der Waals surface area contributed by atoms with Gasteiger partial charge >= 0.3 is 0 Å². The number of allylic oxidation sites excluding steroid dienone is 1. The predicted octanol–water partition coefficient (Wildman–Crippen LogP) is 6.71. The lowest BCUT2D eigenvalue weighted by atomic mass is 9.85. The van der Waals surface area contributed by atoms with Crippen LogP contribution < -0.4 is 0 Å². The van der Waals surface area contributed by atoms with E-state index in [1.54, 1.807) is 0 Å². The van der Waals surface area contributed by atoms with Gasteiger partial charge in [-0.25, -0.2) is 0 Å². The maximum Gasteiger partial charge on any atom is 0.115 e. The molecule has 1 aliphatic carbocycles. The first-order valence-corrected chi connectivity index (χ1v) is 8.92. The van der Waals surface area contributed by atoms with Crippen LogP contribution >= 0.6 is 0 Å². The van der Waals surface area contributed by atoms with Crippen LogP contribution in [0.2, 0.25) is 0 Å². The van der Waals surface area contributed by atoms with Crippen LogP contribution in [0.5, 0.6) is 0 Å². The molecule has 126 valence electrons. The fraction of sp³-hybridized carbons (Fsp3) is 0.250. The van der Waals surface area contributed by atoms with Crippen LogP contribution in [0.25, 0.3) is 17.2 Å². The van der Waals surface area contributed by atoms with E-state index in [0.29, 0.717) is 0 Å². The first kappa shape index (κ1) is 16.0. The van der Waals surface area contributed by atoms with Crippen molar-refractivity contribution in [3.8, 4) is 11.1 Å². The van der Waals surface area contributed by atoms with Gasteiger partial charge in [-0.3, -0.25) is 0 Å². The number of benzene rings is 2. The van der Waals surface area contributed by atoms with Crippen LogP contribution in [0.1, 0.15) is 54.9 Å². The lowest BCUT2D eigenvalue weighted by Gasteiger charge is -2.19. The SMILES string of the molecule is Cc1ccc(C2C=Cc3c(-c4ccc(C(C)(C)C)cc4)cccc32)o1. The van der Waals surface area contributed by atoms with Crippen molar-refractivity contribution in [2.24, 2.45) is 0 Å². The van der Waals surface area contributed by atoms with Crippen molar-refractivity contribution in [2.45, 2.75) is 39.0 Å². The normalized spacial score (nSPS) is 16.2. The highest BCUT2D eigenvalue weighted by Gasteiger charge is 2.24. The summed E-state index contributed by atoms with van der Waals surface area (Å²) in [6.45, 7) is 8.75. The minimum Gasteiger partial charge on any atom is -0.465 e. The lowest BCUT2D eigenvalue weighted by Crippen LogP contribution is -2.10. The van der Waals surface area contributed by atoms with Gasteiger partial charge in [-0.2, -0.15) is 0 Å². The quantitative estimate of drug-likeness (QED) is 0.509. The topological polar surface area (TPSA) is 13.1 Å². The number of hydrogen-bond donors (Lipinski definition) is 0. The summed E-state index contributed by atoms with van der Waals surface area (Å²) in [5.41, 5.74) is 6.74. The third kappa shape index (κ3) is 2.84. The zero-order valence-corrected chi connectivity index (χ0v) is 15.3. The summed E-state index contributed by atoms with van der Waals surface area (Å²) in [5.74, 6) is 2.20. The molecule has 1 unspecified atom stereocenters. The smallest absolute Gasteiger partial charge is 0.115 e. The van der Waals surface area contributed by atoms with Gasteiger partial charge in [0.1, 0.15) is 11.5 Å². The fourth-order valence-corrected chi connectivity index (χ4v) is 3.61. The molecule has 0 N–H and O–H groups in total. The maximum absolute atomic E-state index is 5.87. The summed E-state index contributed by atoms with van der Waals surface area (Å²) in [5, 5.41) is 0. The number of furan rings is 1. The zero-order chi connectivity index (χ0) is 17.6. The molecule has 3 aromatic rings. The number of hydrogen-bond acceptors (Lipinski definition) is 1. The van der Waals surface area contributed by atoms with Gasteiger partial charge in [0.2, 0.25) is 0 Å². The standard InChI is InChI=1S/C24H24O/c1-16-8-15-23(25-16)22-14-13-21-19(6-5-7-20(21)22)17-9-11-18(12-10-17)24(2,3)4/h5-15,22H,1-4H3. The summed E-state index contributed by atoms with van der Waals surface area (Å²) >= 11 is 0. The minimum absolute atomic E-state index is 0.180. The van der Waals surface area contributed by atoms with Gasteiger partial charge in [0, 0.05) is 0 Å². The summed E-state index contributed by atoms with van der Waals surface area (Å²) in [4.78, 5) is 0. The zero-order valence-electron chi connectivity index (χ0n) is 15.3. The van der Waals surface area contributed by atoms with Crippen molar-refractivity contribution in [1.29, 1.82) is 0 Å². The predicted molar refractivity (Wildman–Crippen MR) is 105 cm³/mol. The molecule has 25 heavy (non-hydrogen) atoms. The van der Waals surface area contributed by atoms with Crippen molar-refractivity contribution in [1.82, 2.24) is 0 Å². The van der Waals surface area contributed by atoms with Crippen molar-refractivity contribution >= 4 is 6.08 Å². The molecule has 0 amide bonds. The van der Waals surface area contributed by atoms with E-state index < -0.39 is 0 Å². The molecule has 4 rings (SSSR count). The Morgan fingerprint density at radius 3 is 2.28 bits per heavy atom. The second-order valence-electron chi connectivity index (χ2n) is 7.92. The number of aryl methyl sites for hydroxylation is 1. The molecule has 1 heteroatoms. The number of rotatable bonds is 2. The maximum atomic E-state index is 5.87. The van der Waals surface area contributed by atoms with Gasteiger partial charge in [0.05, 0.1) is 5.92 Å². The van der Waals surface area contributed by atoms with Gasteiger partial charge in [-0.05, 0) is 52.3 Å². The van der Waals surface area contributed by atoms with Crippen LogP contribution in [0, 0.1) is 6.92 Å². The van der Waals surface area contributed by atoms with Crippen LogP contribution in [-0.4, -0.2) is 0 Å². The Morgan fingerprint density at radius 1 is 0.880 bits per heavy atom. The van der Waals surface area contributed by atoms with Crippen molar-refractivity contribution in [2.75, 3.05) is 0 Å². The Labute approximate surface area is 150 Å². The van der Waals surface area contributed by atoms with E-state index in [1.807, 2.05) is 13.0 Å². The highest BCUT2D eigenvalue weighted by molar-refractivity contribution is 5.81. The molecule has 2 aromatic carbocycles. The molecule has 0 saturated heterocycles. The van der Waals surface area contributed by atoms with Crippen molar-refractivity contribution in [3.05, 3.63) is 88.9 Å². The molecule has 0 radical (unpaired) electrons. The van der Waals surface area contributed by atoms with E-state index in [9.17, 15) is 0 Å². The Hall–Kier alpha value is -2.54. The Balaban J connectivity index is 1.74. The molecule has 0 fully saturated rings. The Morgan fingerprint density at radius 2 is 1.64 bits per heavy atom. The molecular formula is C24H24O. The average molecular weight is 328 g/mol. The third-order valence-electron chi connectivity index (χ3n) is 5.06. The van der Waals surface area contributed by atoms with Crippen molar-refractivity contribution < 1.29 is 4.42 Å². The van der Waals surface area contributed by atoms with Crippen LogP contribution in [-0.2, 0) is 5.41 Å². The van der Waals surface area contributed by atoms with Gasteiger partial charge < -0.3 is 4.42 Å². The fourth-order valence-electron chi connectivity index (χ4n) is 3.61. The summed E-state index contributed by atoms with van der Waals surface area (Å²) in [6, 6.07) is 19.7. The average Bonchev–Trinajstić information content (AvgIpc) is 3.19. The summed E-state index contributed by atoms with van der Waals surface area (Å²) in [6.07, 6.45) is 4.49. The lowest BCUT2D eigenvalue weighted by molar-refractivity contribution is 0.482. The molecule has 1 heterocycles. The molecule has 1 aliphatic rings. The highest BCUT2D eigenvalue weighted by atomic mass is 16.3. The number of fused-ring (bicyclic) bond motifs is 1. The van der Waals surface area contributed by atoms with E-state index in [2.05, 4.69) is 81.5 Å². The summed E-state index contributed by atoms with van der Waals surface area (Å²) in [7, 11) is 0. The second-order valence-corrected chi connectivity index (χ2v) is 7.92. The molecule has 0 aliphatic heterocycles. The largest absolute Gasteiger partial charge is 0.465 e. The third-order valence-corrected chi connectivity index (χ3v) is 5.06. The Kier molecular flexibility index (Phi) is 3.68.